The van der Waals surface area contributed by atoms with Crippen molar-refractivity contribution in [2.75, 3.05) is 13.1 Å². The Morgan fingerprint density at radius 1 is 1.00 bits per heavy atom. The minimum Gasteiger partial charge on any atom is -0.444 e. The zero-order valence-corrected chi connectivity index (χ0v) is 24.2. The summed E-state index contributed by atoms with van der Waals surface area (Å²) < 4.78 is 5.20. The molecule has 1 heterocycles. The molecule has 0 bridgehead atoms. The minimum atomic E-state index is -1.03. The number of rotatable bonds is 8. The maximum atomic E-state index is 12.6. The predicted octanol–water partition coefficient (Wildman–Crippen LogP) is 2.12. The Labute approximate surface area is 227 Å². The van der Waals surface area contributed by atoms with Crippen molar-refractivity contribution in [3.05, 3.63) is 0 Å². The van der Waals surface area contributed by atoms with Crippen LogP contribution in [-0.2, 0) is 23.9 Å². The molecule has 2 fully saturated rings. The molecule has 0 aromatic carbocycles. The fourth-order valence-electron chi connectivity index (χ4n) is 4.32. The number of carbonyl (C=O) groups is 5. The van der Waals surface area contributed by atoms with Gasteiger partial charge in [-0.15, -0.1) is 0 Å². The second kappa shape index (κ2) is 14.9. The molecule has 0 spiro atoms. The molecule has 3 atom stereocenters. The Hall–Kier alpha value is -2.85. The van der Waals surface area contributed by atoms with E-state index in [9.17, 15) is 24.0 Å². The lowest BCUT2D eigenvalue weighted by Gasteiger charge is -2.31. The van der Waals surface area contributed by atoms with E-state index in [2.05, 4.69) is 28.2 Å². The molecule has 11 heteroatoms. The number of primary amides is 1. The average Bonchev–Trinajstić information content (AvgIpc) is 3.18. The van der Waals surface area contributed by atoms with E-state index < -0.39 is 59.4 Å². The van der Waals surface area contributed by atoms with Gasteiger partial charge in [-0.05, 0) is 44.9 Å². The van der Waals surface area contributed by atoms with Crippen molar-refractivity contribution in [2.24, 2.45) is 23.0 Å². The SMILES string of the molecule is CC(C)(C)OC(=O)NC(C(=O)NCC(=O)NC(CC1CCNC1=O)C(N)=O)C(C)(C)C.CC1CCCCC1. The lowest BCUT2D eigenvalue weighted by Crippen LogP contribution is -2.56. The Kier molecular flexibility index (Phi) is 13.0. The van der Waals surface area contributed by atoms with E-state index in [1.165, 1.54) is 32.1 Å². The number of ether oxygens (including phenoxy) is 1. The maximum absolute atomic E-state index is 12.6. The highest BCUT2D eigenvalue weighted by Crippen LogP contribution is 2.22. The van der Waals surface area contributed by atoms with Crippen molar-refractivity contribution in [2.45, 2.75) is 111 Å². The van der Waals surface area contributed by atoms with E-state index in [-0.39, 0.29) is 12.3 Å². The van der Waals surface area contributed by atoms with Crippen LogP contribution in [0.5, 0.6) is 0 Å². The second-order valence-corrected chi connectivity index (χ2v) is 12.4. The standard InChI is InChI=1S/C20H35N5O6.C7H14/c1-19(2,3)14(25-18(30)31-20(4,5)6)17(29)23-10-13(26)24-12(15(21)27)9-11-7-8-22-16(11)28;1-7-5-3-2-4-6-7/h11-12,14H,7-10H2,1-6H3,(H2,21,27)(H,22,28)(H,23,29)(H,24,26)(H,25,30);7H,2-6H2,1H3. The van der Waals surface area contributed by atoms with Gasteiger partial charge in [0, 0.05) is 12.5 Å². The summed E-state index contributed by atoms with van der Waals surface area (Å²) in [5.74, 6) is -1.54. The zero-order chi connectivity index (χ0) is 29.1. The Bertz CT molecular complexity index is 827. The number of hydrogen-bond donors (Lipinski definition) is 5. The number of amides is 5. The lowest BCUT2D eigenvalue weighted by molar-refractivity contribution is -0.130. The predicted molar refractivity (Wildman–Crippen MR) is 145 cm³/mol. The van der Waals surface area contributed by atoms with Crippen LogP contribution in [-0.4, -0.2) is 60.5 Å². The van der Waals surface area contributed by atoms with Gasteiger partial charge in [0.2, 0.25) is 23.6 Å². The molecule has 1 saturated carbocycles. The zero-order valence-electron chi connectivity index (χ0n) is 24.2. The van der Waals surface area contributed by atoms with Gasteiger partial charge < -0.3 is 31.7 Å². The van der Waals surface area contributed by atoms with E-state index in [0.29, 0.717) is 13.0 Å². The molecule has 1 aliphatic heterocycles. The Balaban J connectivity index is 0.000000884. The first-order chi connectivity index (χ1) is 17.5. The fourth-order valence-corrected chi connectivity index (χ4v) is 4.32. The Morgan fingerprint density at radius 2 is 1.61 bits per heavy atom. The quantitative estimate of drug-likeness (QED) is 0.316. The van der Waals surface area contributed by atoms with E-state index in [1.54, 1.807) is 41.5 Å². The molecular weight excluding hydrogens is 490 g/mol. The molecule has 6 N–H and O–H groups in total. The summed E-state index contributed by atoms with van der Waals surface area (Å²) in [7, 11) is 0. The highest BCUT2D eigenvalue weighted by molar-refractivity contribution is 5.92. The van der Waals surface area contributed by atoms with Crippen molar-refractivity contribution in [3.63, 3.8) is 0 Å². The first-order valence-electron chi connectivity index (χ1n) is 13.6. The molecular formula is C27H49N5O6. The molecule has 5 amide bonds. The molecule has 1 saturated heterocycles. The molecule has 0 aromatic rings. The van der Waals surface area contributed by atoms with Gasteiger partial charge in [0.1, 0.15) is 17.7 Å². The van der Waals surface area contributed by atoms with Crippen LogP contribution in [0.1, 0.15) is 93.4 Å². The van der Waals surface area contributed by atoms with Crippen molar-refractivity contribution < 1.29 is 28.7 Å². The summed E-state index contributed by atoms with van der Waals surface area (Å²) in [6.45, 7) is 12.8. The summed E-state index contributed by atoms with van der Waals surface area (Å²) in [5, 5.41) is 10.1. The normalized spacial score (nSPS) is 19.7. The van der Waals surface area contributed by atoms with Crippen LogP contribution in [0.3, 0.4) is 0 Å². The van der Waals surface area contributed by atoms with Crippen molar-refractivity contribution in [3.8, 4) is 0 Å². The number of nitrogens with two attached hydrogens (primary N) is 1. The molecule has 0 radical (unpaired) electrons. The highest BCUT2D eigenvalue weighted by atomic mass is 16.6. The molecule has 3 unspecified atom stereocenters. The fraction of sp³-hybridized carbons (Fsp3) is 0.815. The van der Waals surface area contributed by atoms with Crippen molar-refractivity contribution in [1.29, 1.82) is 0 Å². The van der Waals surface area contributed by atoms with Crippen LogP contribution in [0.25, 0.3) is 0 Å². The summed E-state index contributed by atoms with van der Waals surface area (Å²) in [5.41, 5.74) is 3.94. The third kappa shape index (κ3) is 13.1. The lowest BCUT2D eigenvalue weighted by atomic mass is 9.86. The van der Waals surface area contributed by atoms with Crippen molar-refractivity contribution >= 4 is 29.7 Å². The minimum absolute atomic E-state index is 0.0890. The summed E-state index contributed by atoms with van der Waals surface area (Å²) >= 11 is 0. The maximum Gasteiger partial charge on any atom is 0.408 e. The number of alkyl carbamates (subject to hydrolysis) is 1. The van der Waals surface area contributed by atoms with Crippen LogP contribution in [0.2, 0.25) is 0 Å². The first-order valence-corrected chi connectivity index (χ1v) is 13.6. The second-order valence-electron chi connectivity index (χ2n) is 12.4. The first kappa shape index (κ1) is 33.2. The van der Waals surface area contributed by atoms with Gasteiger partial charge in [0.25, 0.3) is 0 Å². The van der Waals surface area contributed by atoms with Gasteiger partial charge in [-0.3, -0.25) is 19.2 Å². The highest BCUT2D eigenvalue weighted by Gasteiger charge is 2.35. The summed E-state index contributed by atoms with van der Waals surface area (Å²) in [4.78, 5) is 60.3. The number of hydrogen-bond acceptors (Lipinski definition) is 6. The number of nitrogens with one attached hydrogen (secondary N) is 4. The topological polar surface area (TPSA) is 169 Å². The Morgan fingerprint density at radius 3 is 2.03 bits per heavy atom. The molecule has 2 aliphatic rings. The van der Waals surface area contributed by atoms with Gasteiger partial charge in [-0.25, -0.2) is 4.79 Å². The van der Waals surface area contributed by atoms with Gasteiger partial charge in [0.15, 0.2) is 0 Å². The summed E-state index contributed by atoms with van der Waals surface area (Å²) in [6, 6.07) is -2.00. The van der Waals surface area contributed by atoms with Crippen molar-refractivity contribution in [1.82, 2.24) is 21.3 Å². The van der Waals surface area contributed by atoms with Crippen LogP contribution in [0.15, 0.2) is 0 Å². The molecule has 11 nitrogen and oxygen atoms in total. The largest absolute Gasteiger partial charge is 0.444 e. The summed E-state index contributed by atoms with van der Waals surface area (Å²) in [6.07, 6.45) is 7.33. The van der Waals surface area contributed by atoms with Gasteiger partial charge in [-0.2, -0.15) is 0 Å². The molecule has 1 aliphatic carbocycles. The van der Waals surface area contributed by atoms with Crippen LogP contribution >= 0.6 is 0 Å². The molecule has 38 heavy (non-hydrogen) atoms. The van der Waals surface area contributed by atoms with Gasteiger partial charge in [-0.1, -0.05) is 59.8 Å². The smallest absolute Gasteiger partial charge is 0.408 e. The van der Waals surface area contributed by atoms with E-state index >= 15 is 0 Å². The molecule has 218 valence electrons. The van der Waals surface area contributed by atoms with Gasteiger partial charge >= 0.3 is 6.09 Å². The van der Waals surface area contributed by atoms with Gasteiger partial charge in [0.05, 0.1) is 6.54 Å². The van der Waals surface area contributed by atoms with Crippen LogP contribution in [0, 0.1) is 17.3 Å². The average molecular weight is 540 g/mol. The third-order valence-corrected chi connectivity index (χ3v) is 6.47. The van der Waals surface area contributed by atoms with Crippen LogP contribution in [0.4, 0.5) is 4.79 Å². The third-order valence-electron chi connectivity index (χ3n) is 6.47. The number of carbonyl (C=O) groups excluding carboxylic acids is 5. The van der Waals surface area contributed by atoms with E-state index in [4.69, 9.17) is 10.5 Å². The van der Waals surface area contributed by atoms with E-state index in [1.807, 2.05) is 0 Å². The van der Waals surface area contributed by atoms with E-state index in [0.717, 1.165) is 5.92 Å². The monoisotopic (exact) mass is 539 g/mol. The molecule has 2 rings (SSSR count). The molecule has 0 aromatic heterocycles. The van der Waals surface area contributed by atoms with Crippen LogP contribution < -0.4 is 27.0 Å².